The Balaban J connectivity index is 2.14. The van der Waals surface area contributed by atoms with E-state index < -0.39 is 0 Å². The van der Waals surface area contributed by atoms with Crippen molar-refractivity contribution in [3.63, 3.8) is 0 Å². The Labute approximate surface area is 112 Å². The maximum absolute atomic E-state index is 12.3. The number of amides is 1. The minimum Gasteiger partial charge on any atom is -0.466 e. The van der Waals surface area contributed by atoms with Crippen molar-refractivity contribution in [3.8, 4) is 0 Å². The molecule has 19 heavy (non-hydrogen) atoms. The molecule has 0 saturated carbocycles. The van der Waals surface area contributed by atoms with E-state index in [1.54, 1.807) is 24.2 Å². The van der Waals surface area contributed by atoms with Crippen LogP contribution >= 0.6 is 0 Å². The van der Waals surface area contributed by atoms with Gasteiger partial charge in [0.1, 0.15) is 11.5 Å². The van der Waals surface area contributed by atoms with Crippen LogP contribution < -0.4 is 0 Å². The van der Waals surface area contributed by atoms with Gasteiger partial charge in [0, 0.05) is 19.8 Å². The summed E-state index contributed by atoms with van der Waals surface area (Å²) in [4.78, 5) is 14.0. The zero-order valence-corrected chi connectivity index (χ0v) is 11.8. The molecule has 0 unspecified atom stereocenters. The second kappa shape index (κ2) is 5.30. The molecule has 0 spiro atoms. The van der Waals surface area contributed by atoms with Crippen LogP contribution in [0.4, 0.5) is 0 Å². The molecule has 0 aromatic carbocycles. The lowest BCUT2D eigenvalue weighted by Crippen LogP contribution is -2.27. The second-order valence-corrected chi connectivity index (χ2v) is 4.63. The van der Waals surface area contributed by atoms with E-state index in [0.29, 0.717) is 17.9 Å². The van der Waals surface area contributed by atoms with Crippen molar-refractivity contribution in [1.82, 2.24) is 14.7 Å². The molecule has 0 fully saturated rings. The van der Waals surface area contributed by atoms with Crippen LogP contribution in [0.3, 0.4) is 0 Å². The molecule has 5 heteroatoms. The number of hydrogen-bond donors (Lipinski definition) is 0. The fourth-order valence-electron chi connectivity index (χ4n) is 2.14. The Morgan fingerprint density at radius 1 is 1.47 bits per heavy atom. The third kappa shape index (κ3) is 2.70. The summed E-state index contributed by atoms with van der Waals surface area (Å²) >= 11 is 0. The number of rotatable bonds is 4. The van der Waals surface area contributed by atoms with Gasteiger partial charge in [-0.2, -0.15) is 5.10 Å². The first-order valence-corrected chi connectivity index (χ1v) is 6.36. The van der Waals surface area contributed by atoms with Crippen molar-refractivity contribution in [2.24, 2.45) is 0 Å². The van der Waals surface area contributed by atoms with Gasteiger partial charge in [-0.25, -0.2) is 0 Å². The maximum Gasteiger partial charge on any atom is 0.257 e. The smallest absolute Gasteiger partial charge is 0.257 e. The van der Waals surface area contributed by atoms with Gasteiger partial charge in [0.2, 0.25) is 0 Å². The third-order valence-electron chi connectivity index (χ3n) is 3.12. The molecule has 0 bridgehead atoms. The average Bonchev–Trinajstić information content (AvgIpc) is 2.94. The number of nitrogens with zero attached hydrogens (tertiary/aromatic N) is 3. The summed E-state index contributed by atoms with van der Waals surface area (Å²) in [5, 5.41) is 4.20. The Morgan fingerprint density at radius 3 is 2.79 bits per heavy atom. The fourth-order valence-corrected chi connectivity index (χ4v) is 2.14. The summed E-state index contributed by atoms with van der Waals surface area (Å²) in [5.41, 5.74) is 1.65. The summed E-state index contributed by atoms with van der Waals surface area (Å²) in [6, 6.07) is 3.71. The highest BCUT2D eigenvalue weighted by Crippen LogP contribution is 2.16. The molecule has 0 radical (unpaired) electrons. The molecule has 0 atom stereocenters. The van der Waals surface area contributed by atoms with Gasteiger partial charge in [-0.3, -0.25) is 9.48 Å². The largest absolute Gasteiger partial charge is 0.466 e. The Bertz CT molecular complexity index is 583. The summed E-state index contributed by atoms with van der Waals surface area (Å²) in [5.74, 6) is 1.39. The first-order chi connectivity index (χ1) is 9.02. The van der Waals surface area contributed by atoms with Gasteiger partial charge in [-0.05, 0) is 32.9 Å². The number of carbonyl (C=O) groups excluding carboxylic acids is 1. The molecule has 2 aromatic rings. The lowest BCUT2D eigenvalue weighted by Gasteiger charge is -2.17. The van der Waals surface area contributed by atoms with E-state index >= 15 is 0 Å². The van der Waals surface area contributed by atoms with E-state index in [1.807, 2.05) is 31.5 Å². The highest BCUT2D eigenvalue weighted by Gasteiger charge is 2.18. The van der Waals surface area contributed by atoms with Crippen LogP contribution in [-0.4, -0.2) is 27.6 Å². The van der Waals surface area contributed by atoms with E-state index in [2.05, 4.69) is 5.10 Å². The van der Waals surface area contributed by atoms with E-state index in [9.17, 15) is 4.79 Å². The Morgan fingerprint density at radius 2 is 2.21 bits per heavy atom. The molecule has 1 amide bonds. The molecule has 102 valence electrons. The molecule has 0 aliphatic carbocycles. The van der Waals surface area contributed by atoms with Gasteiger partial charge in [0.05, 0.1) is 17.8 Å². The van der Waals surface area contributed by atoms with E-state index in [0.717, 1.165) is 18.0 Å². The zero-order valence-electron chi connectivity index (χ0n) is 11.8. The Kier molecular flexibility index (Phi) is 3.74. The minimum atomic E-state index is -0.0294. The number of carbonyl (C=O) groups is 1. The van der Waals surface area contributed by atoms with Crippen LogP contribution in [0.1, 0.15) is 34.5 Å². The molecule has 0 aliphatic heterocycles. The van der Waals surface area contributed by atoms with Gasteiger partial charge in [0.25, 0.3) is 5.91 Å². The number of hydrogen-bond acceptors (Lipinski definition) is 3. The summed E-state index contributed by atoms with van der Waals surface area (Å²) < 4.78 is 7.29. The van der Waals surface area contributed by atoms with Gasteiger partial charge >= 0.3 is 0 Å². The van der Waals surface area contributed by atoms with Crippen LogP contribution in [0.15, 0.2) is 22.7 Å². The molecule has 2 aromatic heterocycles. The summed E-state index contributed by atoms with van der Waals surface area (Å²) in [6.07, 6.45) is 1.75. The van der Waals surface area contributed by atoms with Gasteiger partial charge in [-0.1, -0.05) is 0 Å². The van der Waals surface area contributed by atoms with Crippen LogP contribution in [0.2, 0.25) is 0 Å². The first kappa shape index (κ1) is 13.4. The van der Waals surface area contributed by atoms with Crippen molar-refractivity contribution in [2.75, 3.05) is 7.05 Å². The third-order valence-corrected chi connectivity index (χ3v) is 3.12. The van der Waals surface area contributed by atoms with Crippen molar-refractivity contribution in [2.45, 2.75) is 33.9 Å². The van der Waals surface area contributed by atoms with Crippen LogP contribution in [0.5, 0.6) is 0 Å². The molecular weight excluding hydrogens is 242 g/mol. The van der Waals surface area contributed by atoms with Crippen molar-refractivity contribution in [1.29, 1.82) is 0 Å². The minimum absolute atomic E-state index is 0.0294. The van der Waals surface area contributed by atoms with E-state index in [-0.39, 0.29) is 5.91 Å². The fraction of sp³-hybridized carbons (Fsp3) is 0.429. The van der Waals surface area contributed by atoms with Crippen molar-refractivity contribution < 1.29 is 9.21 Å². The number of aryl methyl sites for hydroxylation is 3. The average molecular weight is 261 g/mol. The maximum atomic E-state index is 12.3. The molecule has 0 saturated heterocycles. The van der Waals surface area contributed by atoms with Crippen LogP contribution in [0.25, 0.3) is 0 Å². The summed E-state index contributed by atoms with van der Waals surface area (Å²) in [6.45, 7) is 7.02. The summed E-state index contributed by atoms with van der Waals surface area (Å²) in [7, 11) is 1.79. The highest BCUT2D eigenvalue weighted by atomic mass is 16.3. The van der Waals surface area contributed by atoms with E-state index in [4.69, 9.17) is 4.42 Å². The molecule has 5 nitrogen and oxygen atoms in total. The first-order valence-electron chi connectivity index (χ1n) is 6.36. The normalized spacial score (nSPS) is 10.7. The van der Waals surface area contributed by atoms with Gasteiger partial charge in [0.15, 0.2) is 0 Å². The quantitative estimate of drug-likeness (QED) is 0.849. The van der Waals surface area contributed by atoms with E-state index in [1.165, 1.54) is 0 Å². The Hall–Kier alpha value is -2.04. The van der Waals surface area contributed by atoms with Gasteiger partial charge in [-0.15, -0.1) is 0 Å². The highest BCUT2D eigenvalue weighted by molar-refractivity contribution is 5.95. The molecule has 2 rings (SSSR count). The van der Waals surface area contributed by atoms with Gasteiger partial charge < -0.3 is 9.32 Å². The SMILES string of the molecule is CCn1nccc1CN(C)C(=O)c1cc(C)oc1C. The molecule has 0 N–H and O–H groups in total. The number of furan rings is 1. The van der Waals surface area contributed by atoms with Crippen LogP contribution in [-0.2, 0) is 13.1 Å². The monoisotopic (exact) mass is 261 g/mol. The predicted octanol–water partition coefficient (Wildman–Crippen LogP) is 2.39. The topological polar surface area (TPSA) is 51.3 Å². The van der Waals surface area contributed by atoms with Crippen LogP contribution in [0, 0.1) is 13.8 Å². The molecule has 2 heterocycles. The second-order valence-electron chi connectivity index (χ2n) is 4.63. The standard InChI is InChI=1S/C14H19N3O2/c1-5-17-12(6-7-15-17)9-16(4)14(18)13-8-10(2)19-11(13)3/h6-8H,5,9H2,1-4H3. The lowest BCUT2D eigenvalue weighted by atomic mass is 10.2. The zero-order chi connectivity index (χ0) is 14.0. The molecular formula is C14H19N3O2. The van der Waals surface area contributed by atoms with Crippen molar-refractivity contribution in [3.05, 3.63) is 41.1 Å². The van der Waals surface area contributed by atoms with Crippen molar-refractivity contribution >= 4 is 5.91 Å². The lowest BCUT2D eigenvalue weighted by molar-refractivity contribution is 0.0780. The predicted molar refractivity (Wildman–Crippen MR) is 71.9 cm³/mol. The number of aromatic nitrogens is 2. The molecule has 0 aliphatic rings.